The SMILES string of the molecule is CC[C@H](/C=C/CC(=O)N(C)[C@H](/C=C(\C)C(=O)O)C(C)C)C(C)(C)C. The van der Waals surface area contributed by atoms with E-state index < -0.39 is 5.97 Å². The largest absolute Gasteiger partial charge is 0.478 e. The minimum atomic E-state index is -0.947. The Hall–Kier alpha value is -1.58. The van der Waals surface area contributed by atoms with E-state index in [-0.39, 0.29) is 28.9 Å². The fourth-order valence-electron chi connectivity index (χ4n) is 2.76. The van der Waals surface area contributed by atoms with Gasteiger partial charge in [0.1, 0.15) is 0 Å². The Morgan fingerprint density at radius 2 is 1.75 bits per heavy atom. The maximum atomic E-state index is 12.5. The van der Waals surface area contributed by atoms with Crippen LogP contribution < -0.4 is 0 Å². The van der Waals surface area contributed by atoms with E-state index in [2.05, 4.69) is 33.8 Å². The first-order valence-electron chi connectivity index (χ1n) is 8.75. The first-order valence-corrected chi connectivity index (χ1v) is 8.75. The lowest BCUT2D eigenvalue weighted by Gasteiger charge is -2.29. The molecule has 1 N–H and O–H groups in total. The number of carboxylic acids is 1. The standard InChI is InChI=1S/C20H35NO3/c1-9-16(20(5,6)7)11-10-12-18(22)21(8)17(14(2)3)13-15(4)19(23)24/h10-11,13-14,16-17H,9,12H2,1-8H3,(H,23,24)/b11-10+,15-13+/t16-,17-/m1/s1. The fraction of sp³-hybridized carbons (Fsp3) is 0.700. The summed E-state index contributed by atoms with van der Waals surface area (Å²) in [5.74, 6) is -0.360. The first-order chi connectivity index (χ1) is 10.9. The van der Waals surface area contributed by atoms with Gasteiger partial charge in [0.15, 0.2) is 0 Å². The van der Waals surface area contributed by atoms with Gasteiger partial charge >= 0.3 is 5.97 Å². The van der Waals surface area contributed by atoms with E-state index in [0.29, 0.717) is 12.3 Å². The van der Waals surface area contributed by atoms with Crippen LogP contribution in [-0.4, -0.2) is 35.0 Å². The fourth-order valence-corrected chi connectivity index (χ4v) is 2.76. The smallest absolute Gasteiger partial charge is 0.331 e. The van der Waals surface area contributed by atoms with Crippen LogP contribution in [0.25, 0.3) is 0 Å². The Kier molecular flexibility index (Phi) is 9.02. The molecule has 0 aliphatic carbocycles. The molecule has 0 aromatic carbocycles. The van der Waals surface area contributed by atoms with Crippen LogP contribution in [-0.2, 0) is 9.59 Å². The van der Waals surface area contributed by atoms with Crippen molar-refractivity contribution in [2.75, 3.05) is 7.05 Å². The molecular formula is C20H35NO3. The van der Waals surface area contributed by atoms with Crippen molar-refractivity contribution >= 4 is 11.9 Å². The predicted molar refractivity (Wildman–Crippen MR) is 99.8 cm³/mol. The highest BCUT2D eigenvalue weighted by Gasteiger charge is 2.22. The average Bonchev–Trinajstić information content (AvgIpc) is 2.46. The van der Waals surface area contributed by atoms with Crippen LogP contribution in [0.3, 0.4) is 0 Å². The Labute approximate surface area is 147 Å². The molecule has 0 aromatic heterocycles. The molecule has 0 saturated carbocycles. The van der Waals surface area contributed by atoms with Crippen LogP contribution in [0.4, 0.5) is 0 Å². The highest BCUT2D eigenvalue weighted by atomic mass is 16.4. The lowest BCUT2D eigenvalue weighted by molar-refractivity contribution is -0.133. The van der Waals surface area contributed by atoms with Crippen molar-refractivity contribution in [1.82, 2.24) is 4.90 Å². The summed E-state index contributed by atoms with van der Waals surface area (Å²) in [6, 6.07) is -0.216. The second kappa shape index (κ2) is 9.65. The number of hydrogen-bond donors (Lipinski definition) is 1. The van der Waals surface area contributed by atoms with Crippen LogP contribution >= 0.6 is 0 Å². The van der Waals surface area contributed by atoms with Crippen molar-refractivity contribution in [3.8, 4) is 0 Å². The number of hydrogen-bond acceptors (Lipinski definition) is 2. The quantitative estimate of drug-likeness (QED) is 0.523. The summed E-state index contributed by atoms with van der Waals surface area (Å²) in [6.45, 7) is 14.3. The normalized spacial score (nSPS) is 15.6. The van der Waals surface area contributed by atoms with Gasteiger partial charge in [-0.1, -0.05) is 59.8 Å². The molecule has 0 radical (unpaired) electrons. The Balaban J connectivity index is 5.01. The Morgan fingerprint density at radius 3 is 2.12 bits per heavy atom. The van der Waals surface area contributed by atoms with Crippen molar-refractivity contribution in [1.29, 1.82) is 0 Å². The second-order valence-electron chi connectivity index (χ2n) is 7.91. The molecule has 0 aromatic rings. The third-order valence-corrected chi connectivity index (χ3v) is 4.49. The number of carbonyl (C=O) groups excluding carboxylic acids is 1. The summed E-state index contributed by atoms with van der Waals surface area (Å²) in [5, 5.41) is 9.06. The molecule has 1 amide bonds. The van der Waals surface area contributed by atoms with Crippen molar-refractivity contribution in [3.05, 3.63) is 23.8 Å². The molecule has 4 heteroatoms. The van der Waals surface area contributed by atoms with Crippen molar-refractivity contribution in [2.45, 2.75) is 67.3 Å². The zero-order valence-electron chi connectivity index (χ0n) is 16.6. The first kappa shape index (κ1) is 22.4. The molecule has 138 valence electrons. The van der Waals surface area contributed by atoms with Crippen molar-refractivity contribution < 1.29 is 14.7 Å². The number of carboxylic acid groups (broad SMARTS) is 1. The molecule has 0 spiro atoms. The summed E-state index contributed by atoms with van der Waals surface area (Å²) in [7, 11) is 1.74. The molecule has 0 rings (SSSR count). The molecule has 0 aliphatic rings. The van der Waals surface area contributed by atoms with Gasteiger partial charge in [-0.05, 0) is 30.6 Å². The zero-order chi connectivity index (χ0) is 19.1. The van der Waals surface area contributed by atoms with Crippen LogP contribution in [0.15, 0.2) is 23.8 Å². The molecule has 4 nitrogen and oxygen atoms in total. The topological polar surface area (TPSA) is 57.6 Å². The highest BCUT2D eigenvalue weighted by molar-refractivity contribution is 5.86. The minimum Gasteiger partial charge on any atom is -0.478 e. The number of likely N-dealkylation sites (N-methyl/N-ethyl adjacent to an activating group) is 1. The van der Waals surface area contributed by atoms with E-state index in [1.54, 1.807) is 24.9 Å². The lowest BCUT2D eigenvalue weighted by Crippen LogP contribution is -2.39. The average molecular weight is 338 g/mol. The van der Waals surface area contributed by atoms with Gasteiger partial charge in [-0.25, -0.2) is 4.79 Å². The molecule has 0 heterocycles. The number of amides is 1. The molecule has 0 fully saturated rings. The summed E-state index contributed by atoms with van der Waals surface area (Å²) in [5.41, 5.74) is 0.449. The molecule has 0 bridgehead atoms. The Morgan fingerprint density at radius 1 is 1.21 bits per heavy atom. The predicted octanol–water partition coefficient (Wildman–Crippen LogP) is 4.52. The molecule has 2 atom stereocenters. The third-order valence-electron chi connectivity index (χ3n) is 4.49. The van der Waals surface area contributed by atoms with Crippen LogP contribution in [0.1, 0.15) is 61.3 Å². The van der Waals surface area contributed by atoms with E-state index in [4.69, 9.17) is 5.11 Å². The maximum Gasteiger partial charge on any atom is 0.331 e. The van der Waals surface area contributed by atoms with E-state index >= 15 is 0 Å². The van der Waals surface area contributed by atoms with Gasteiger partial charge < -0.3 is 10.0 Å². The van der Waals surface area contributed by atoms with Gasteiger partial charge in [-0.15, -0.1) is 0 Å². The van der Waals surface area contributed by atoms with Gasteiger partial charge in [0, 0.05) is 19.0 Å². The third kappa shape index (κ3) is 7.33. The van der Waals surface area contributed by atoms with E-state index in [9.17, 15) is 9.59 Å². The number of nitrogens with zero attached hydrogens (tertiary/aromatic N) is 1. The molecule has 0 aliphatic heterocycles. The van der Waals surface area contributed by atoms with Gasteiger partial charge in [0.05, 0.1) is 6.04 Å². The van der Waals surface area contributed by atoms with Crippen LogP contribution in [0.2, 0.25) is 0 Å². The Bertz CT molecular complexity index is 484. The molecular weight excluding hydrogens is 302 g/mol. The number of aliphatic carboxylic acids is 1. The van der Waals surface area contributed by atoms with Gasteiger partial charge in [-0.2, -0.15) is 0 Å². The monoisotopic (exact) mass is 337 g/mol. The van der Waals surface area contributed by atoms with Gasteiger partial charge in [0.25, 0.3) is 0 Å². The van der Waals surface area contributed by atoms with E-state index in [1.165, 1.54) is 0 Å². The van der Waals surface area contributed by atoms with Gasteiger partial charge in [-0.3, -0.25) is 4.79 Å². The van der Waals surface area contributed by atoms with Crippen molar-refractivity contribution in [2.24, 2.45) is 17.3 Å². The summed E-state index contributed by atoms with van der Waals surface area (Å²) >= 11 is 0. The summed E-state index contributed by atoms with van der Waals surface area (Å²) < 4.78 is 0. The number of rotatable bonds is 8. The van der Waals surface area contributed by atoms with Crippen LogP contribution in [0, 0.1) is 17.3 Å². The number of allylic oxidation sites excluding steroid dienone is 1. The lowest BCUT2D eigenvalue weighted by atomic mass is 9.79. The molecule has 0 unspecified atom stereocenters. The van der Waals surface area contributed by atoms with E-state index in [1.807, 2.05) is 19.9 Å². The second-order valence-corrected chi connectivity index (χ2v) is 7.91. The zero-order valence-corrected chi connectivity index (χ0v) is 16.6. The van der Waals surface area contributed by atoms with Crippen LogP contribution in [0.5, 0.6) is 0 Å². The highest BCUT2D eigenvalue weighted by Crippen LogP contribution is 2.29. The maximum absolute atomic E-state index is 12.5. The summed E-state index contributed by atoms with van der Waals surface area (Å²) in [6.07, 6.45) is 7.13. The molecule has 24 heavy (non-hydrogen) atoms. The number of carbonyl (C=O) groups is 2. The van der Waals surface area contributed by atoms with Crippen molar-refractivity contribution in [3.63, 3.8) is 0 Å². The summed E-state index contributed by atoms with van der Waals surface area (Å²) in [4.78, 5) is 25.2. The van der Waals surface area contributed by atoms with Gasteiger partial charge in [0.2, 0.25) is 5.91 Å². The van der Waals surface area contributed by atoms with E-state index in [0.717, 1.165) is 6.42 Å². The minimum absolute atomic E-state index is 0.00292. The molecule has 0 saturated heterocycles.